The molecular formula is C21H27N5O5S2. The molecule has 1 atom stereocenters. The number of aliphatic hydroxyl groups excluding tert-OH is 1. The average molecular weight is 494 g/mol. The molecule has 33 heavy (non-hydrogen) atoms. The summed E-state index contributed by atoms with van der Waals surface area (Å²) in [5.74, 6) is 0.243. The Bertz CT molecular complexity index is 1360. The fourth-order valence-electron chi connectivity index (χ4n) is 4.01. The molecular weight excluding hydrogens is 466 g/mol. The molecule has 0 spiro atoms. The second-order valence-corrected chi connectivity index (χ2v) is 12.2. The van der Waals surface area contributed by atoms with Crippen LogP contribution in [0.1, 0.15) is 25.3 Å². The number of nitrogens with zero attached hydrogens (tertiary/aromatic N) is 4. The van der Waals surface area contributed by atoms with Gasteiger partial charge < -0.3 is 10.0 Å². The van der Waals surface area contributed by atoms with Crippen molar-refractivity contribution in [3.05, 3.63) is 48.4 Å². The van der Waals surface area contributed by atoms with E-state index in [1.807, 2.05) is 18.9 Å². The van der Waals surface area contributed by atoms with Crippen molar-refractivity contribution in [2.75, 3.05) is 17.7 Å². The molecule has 178 valence electrons. The summed E-state index contributed by atoms with van der Waals surface area (Å²) in [5.41, 5.74) is 1.24. The molecule has 1 unspecified atom stereocenters. The molecule has 0 aliphatic heterocycles. The molecule has 1 aliphatic carbocycles. The van der Waals surface area contributed by atoms with Gasteiger partial charge in [0, 0.05) is 25.3 Å². The average Bonchev–Trinajstić information content (AvgIpc) is 3.14. The summed E-state index contributed by atoms with van der Waals surface area (Å²) in [6, 6.07) is 8.11. The molecule has 3 aromatic rings. The Morgan fingerprint density at radius 2 is 1.82 bits per heavy atom. The molecule has 12 heteroatoms. The van der Waals surface area contributed by atoms with Gasteiger partial charge in [0.05, 0.1) is 22.1 Å². The Kier molecular flexibility index (Phi) is 6.20. The van der Waals surface area contributed by atoms with Gasteiger partial charge in [-0.2, -0.15) is 0 Å². The minimum atomic E-state index is -3.82. The number of aliphatic hydroxyl groups is 1. The van der Waals surface area contributed by atoms with E-state index in [0.29, 0.717) is 24.0 Å². The van der Waals surface area contributed by atoms with Crippen LogP contribution in [0.4, 0.5) is 5.82 Å². The highest BCUT2D eigenvalue weighted by Crippen LogP contribution is 2.33. The van der Waals surface area contributed by atoms with Gasteiger partial charge in [-0.3, -0.25) is 0 Å². The third-order valence-corrected chi connectivity index (χ3v) is 9.10. The first-order valence-corrected chi connectivity index (χ1v) is 13.6. The van der Waals surface area contributed by atoms with Crippen LogP contribution in [-0.2, 0) is 20.0 Å². The summed E-state index contributed by atoms with van der Waals surface area (Å²) in [5, 5.41) is 9.93. The molecule has 2 heterocycles. The van der Waals surface area contributed by atoms with Crippen LogP contribution in [0.2, 0.25) is 0 Å². The van der Waals surface area contributed by atoms with Gasteiger partial charge in [-0.15, -0.1) is 0 Å². The van der Waals surface area contributed by atoms with Crippen LogP contribution in [0.25, 0.3) is 11.0 Å². The van der Waals surface area contributed by atoms with Crippen LogP contribution in [-0.4, -0.2) is 66.9 Å². The van der Waals surface area contributed by atoms with Crippen molar-refractivity contribution < 1.29 is 21.9 Å². The van der Waals surface area contributed by atoms with E-state index in [4.69, 9.17) is 0 Å². The quantitative estimate of drug-likeness (QED) is 0.479. The van der Waals surface area contributed by atoms with E-state index in [1.165, 1.54) is 19.4 Å². The Morgan fingerprint density at radius 3 is 2.45 bits per heavy atom. The van der Waals surface area contributed by atoms with Gasteiger partial charge in [0.15, 0.2) is 5.65 Å². The first-order valence-electron chi connectivity index (χ1n) is 10.5. The lowest BCUT2D eigenvalue weighted by molar-refractivity contribution is 0.217. The zero-order valence-electron chi connectivity index (χ0n) is 18.6. The first kappa shape index (κ1) is 23.6. The van der Waals surface area contributed by atoms with Crippen molar-refractivity contribution in [2.45, 2.75) is 49.8 Å². The van der Waals surface area contributed by atoms with Crippen LogP contribution in [0.15, 0.2) is 47.8 Å². The van der Waals surface area contributed by atoms with Gasteiger partial charge in [0.1, 0.15) is 12.1 Å². The van der Waals surface area contributed by atoms with E-state index in [9.17, 15) is 21.9 Å². The van der Waals surface area contributed by atoms with Crippen LogP contribution in [0, 0.1) is 6.92 Å². The largest absolute Gasteiger partial charge is 0.392 e. The van der Waals surface area contributed by atoms with Crippen LogP contribution in [0.3, 0.4) is 0 Å². The van der Waals surface area contributed by atoms with Gasteiger partial charge in [0.25, 0.3) is 10.0 Å². The maximum Gasteiger partial charge on any atom is 0.269 e. The maximum absolute atomic E-state index is 13.2. The lowest BCUT2D eigenvalue weighted by Crippen LogP contribution is -2.54. The molecule has 2 aromatic heterocycles. The third kappa shape index (κ3) is 4.74. The molecule has 0 amide bonds. The molecule has 0 saturated heterocycles. The number of rotatable bonds is 8. The minimum Gasteiger partial charge on any atom is -0.392 e. The monoisotopic (exact) mass is 493 g/mol. The topological polar surface area (TPSA) is 134 Å². The smallest absolute Gasteiger partial charge is 0.269 e. The summed E-state index contributed by atoms with van der Waals surface area (Å²) >= 11 is 0. The van der Waals surface area contributed by atoms with Crippen molar-refractivity contribution in [2.24, 2.45) is 0 Å². The van der Waals surface area contributed by atoms with Crippen LogP contribution in [0.5, 0.6) is 0 Å². The molecule has 4 rings (SSSR count). The van der Waals surface area contributed by atoms with Gasteiger partial charge in [0.2, 0.25) is 10.0 Å². The lowest BCUT2D eigenvalue weighted by Gasteiger charge is -2.42. The zero-order chi connectivity index (χ0) is 24.0. The standard InChI is InChI=1S/C21H27N5O5S2/c1-14-4-6-18(7-5-14)33(30,31)26-9-8-19-20(22-13-23-21(19)26)25(3)17-10-16(11-17)24-32(28,29)12-15(2)27/h4-9,13,15-17,24,27H,10-12H2,1-3H3/t15?,16-,17+. The van der Waals surface area contributed by atoms with E-state index in [0.717, 1.165) is 9.54 Å². The fourth-order valence-corrected chi connectivity index (χ4v) is 6.74. The molecule has 0 radical (unpaired) electrons. The van der Waals surface area contributed by atoms with Crippen LogP contribution < -0.4 is 9.62 Å². The second kappa shape index (κ2) is 8.67. The number of anilines is 1. The number of aryl methyl sites for hydroxylation is 1. The Morgan fingerprint density at radius 1 is 1.15 bits per heavy atom. The van der Waals surface area contributed by atoms with Crippen LogP contribution >= 0.6 is 0 Å². The Balaban J connectivity index is 1.55. The SMILES string of the molecule is Cc1ccc(S(=O)(=O)n2ccc3c(N(C)[C@H]4C[C@@H](NS(=O)(=O)CC(C)O)C4)ncnc32)cc1. The number of nitrogens with one attached hydrogen (secondary N) is 1. The molecule has 1 fully saturated rings. The second-order valence-electron chi connectivity index (χ2n) is 8.55. The highest BCUT2D eigenvalue weighted by atomic mass is 32.2. The van der Waals surface area contributed by atoms with Gasteiger partial charge in [-0.05, 0) is 44.9 Å². The molecule has 2 N–H and O–H groups in total. The van der Waals surface area contributed by atoms with E-state index in [-0.39, 0.29) is 28.4 Å². The van der Waals surface area contributed by atoms with Crippen molar-refractivity contribution in [1.29, 1.82) is 0 Å². The third-order valence-electron chi connectivity index (χ3n) is 5.81. The van der Waals surface area contributed by atoms with Gasteiger partial charge >= 0.3 is 0 Å². The van der Waals surface area contributed by atoms with Crippen molar-refractivity contribution in [3.8, 4) is 0 Å². The van der Waals surface area contributed by atoms with E-state index >= 15 is 0 Å². The number of fused-ring (bicyclic) bond motifs is 1. The fraction of sp³-hybridized carbons (Fsp3) is 0.429. The Labute approximate surface area is 193 Å². The number of hydrogen-bond donors (Lipinski definition) is 2. The number of aromatic nitrogens is 3. The maximum atomic E-state index is 13.2. The minimum absolute atomic E-state index is 0.0272. The number of sulfonamides is 1. The summed E-state index contributed by atoms with van der Waals surface area (Å²) in [6.45, 7) is 3.32. The highest BCUT2D eigenvalue weighted by molar-refractivity contribution is 7.90. The number of hydrogen-bond acceptors (Lipinski definition) is 8. The van der Waals surface area contributed by atoms with E-state index in [2.05, 4.69) is 14.7 Å². The first-order chi connectivity index (χ1) is 15.5. The summed E-state index contributed by atoms with van der Waals surface area (Å²) in [7, 11) is -5.52. The normalized spacial score (nSPS) is 19.9. The summed E-state index contributed by atoms with van der Waals surface area (Å²) in [4.78, 5) is 10.7. The number of benzene rings is 1. The van der Waals surface area contributed by atoms with Crippen molar-refractivity contribution >= 4 is 36.9 Å². The highest BCUT2D eigenvalue weighted by Gasteiger charge is 2.36. The molecule has 1 aliphatic rings. The summed E-state index contributed by atoms with van der Waals surface area (Å²) in [6.07, 6.45) is 3.01. The zero-order valence-corrected chi connectivity index (χ0v) is 20.2. The molecule has 1 saturated carbocycles. The molecule has 0 bridgehead atoms. The van der Waals surface area contributed by atoms with Crippen molar-refractivity contribution in [1.82, 2.24) is 18.7 Å². The van der Waals surface area contributed by atoms with E-state index in [1.54, 1.807) is 30.3 Å². The van der Waals surface area contributed by atoms with E-state index < -0.39 is 26.2 Å². The van der Waals surface area contributed by atoms with Crippen molar-refractivity contribution in [3.63, 3.8) is 0 Å². The summed E-state index contributed by atoms with van der Waals surface area (Å²) < 4.78 is 54.2. The lowest BCUT2D eigenvalue weighted by atomic mass is 9.86. The van der Waals surface area contributed by atoms with Gasteiger partial charge in [-0.25, -0.2) is 35.5 Å². The Hall–Kier alpha value is -2.54. The van der Waals surface area contributed by atoms with Gasteiger partial charge in [-0.1, -0.05) is 17.7 Å². The molecule has 10 nitrogen and oxygen atoms in total. The predicted molar refractivity (Wildman–Crippen MR) is 125 cm³/mol. The predicted octanol–water partition coefficient (Wildman–Crippen LogP) is 1.24. The molecule has 1 aromatic carbocycles.